The Hall–Kier alpha value is -1.30. The molecule has 2 N–H and O–H groups in total. The first-order chi connectivity index (χ1) is 8.90. The van der Waals surface area contributed by atoms with E-state index in [1.807, 2.05) is 0 Å². The van der Waals surface area contributed by atoms with Crippen LogP contribution in [0.4, 0.5) is 5.69 Å². The van der Waals surface area contributed by atoms with E-state index in [1.165, 1.54) is 24.4 Å². The van der Waals surface area contributed by atoms with Gasteiger partial charge in [0.2, 0.25) is 0 Å². The third-order valence-electron chi connectivity index (χ3n) is 2.50. The molecule has 1 heterocycles. The fourth-order valence-electron chi connectivity index (χ4n) is 1.59. The molecule has 1 aromatic heterocycles. The average Bonchev–Trinajstić information content (AvgIpc) is 2.33. The van der Waals surface area contributed by atoms with Crippen molar-refractivity contribution >= 4 is 38.7 Å². The number of nitrogens with zero attached hydrogens (tertiary/aromatic N) is 1. The zero-order valence-electron chi connectivity index (χ0n) is 9.68. The molecule has 0 saturated carbocycles. The van der Waals surface area contributed by atoms with Crippen molar-refractivity contribution in [2.75, 3.05) is 5.73 Å². The smallest absolute Gasteiger partial charge is 0.184 e. The molecular formula is C12H10Cl2N2O2S. The van der Waals surface area contributed by atoms with Gasteiger partial charge in [-0.1, -0.05) is 35.3 Å². The zero-order valence-corrected chi connectivity index (χ0v) is 12.0. The second-order valence-corrected chi connectivity index (χ2v) is 6.65. The Kier molecular flexibility index (Phi) is 3.99. The number of nitrogens with two attached hydrogens (primary N) is 1. The van der Waals surface area contributed by atoms with E-state index in [-0.39, 0.29) is 26.5 Å². The van der Waals surface area contributed by atoms with Gasteiger partial charge in [0.25, 0.3) is 0 Å². The van der Waals surface area contributed by atoms with Gasteiger partial charge in [-0.25, -0.2) is 13.4 Å². The summed E-state index contributed by atoms with van der Waals surface area (Å²) in [7, 11) is -3.57. The summed E-state index contributed by atoms with van der Waals surface area (Å²) in [6, 6.07) is 7.69. The summed E-state index contributed by atoms with van der Waals surface area (Å²) in [5, 5.41) is 0.475. The Morgan fingerprint density at radius 1 is 1.21 bits per heavy atom. The summed E-state index contributed by atoms with van der Waals surface area (Å²) < 4.78 is 24.5. The fraction of sp³-hybridized carbons (Fsp3) is 0.0833. The van der Waals surface area contributed by atoms with Crippen molar-refractivity contribution in [1.29, 1.82) is 0 Å². The number of benzene rings is 1. The molecule has 0 aliphatic rings. The van der Waals surface area contributed by atoms with Gasteiger partial charge in [-0.15, -0.1) is 0 Å². The minimum atomic E-state index is -3.57. The van der Waals surface area contributed by atoms with Crippen LogP contribution in [0.3, 0.4) is 0 Å². The number of halogens is 2. The summed E-state index contributed by atoms with van der Waals surface area (Å²) in [5.74, 6) is -0.274. The molecule has 0 radical (unpaired) electrons. The number of hydrogen-bond acceptors (Lipinski definition) is 4. The number of nitrogen functional groups attached to an aromatic ring is 1. The third kappa shape index (κ3) is 3.18. The second kappa shape index (κ2) is 5.36. The maximum absolute atomic E-state index is 12.3. The predicted octanol–water partition coefficient (Wildman–Crippen LogP) is 2.94. The lowest BCUT2D eigenvalue weighted by Crippen LogP contribution is -2.08. The van der Waals surface area contributed by atoms with Crippen molar-refractivity contribution in [3.05, 3.63) is 52.3 Å². The maximum Gasteiger partial charge on any atom is 0.184 e. The highest BCUT2D eigenvalue weighted by molar-refractivity contribution is 7.90. The third-order valence-corrected chi connectivity index (χ3v) is 4.79. The lowest BCUT2D eigenvalue weighted by molar-refractivity contribution is 0.595. The van der Waals surface area contributed by atoms with Gasteiger partial charge in [0.1, 0.15) is 5.15 Å². The molecule has 0 saturated heterocycles. The van der Waals surface area contributed by atoms with E-state index in [0.717, 1.165) is 0 Å². The first-order valence-corrected chi connectivity index (χ1v) is 7.68. The van der Waals surface area contributed by atoms with E-state index in [2.05, 4.69) is 4.98 Å². The van der Waals surface area contributed by atoms with E-state index in [1.54, 1.807) is 12.1 Å². The highest BCUT2D eigenvalue weighted by Gasteiger charge is 2.19. The van der Waals surface area contributed by atoms with Crippen LogP contribution >= 0.6 is 23.2 Å². The molecule has 0 unspecified atom stereocenters. The summed E-state index contributed by atoms with van der Waals surface area (Å²) in [6.45, 7) is 0. The van der Waals surface area contributed by atoms with Gasteiger partial charge < -0.3 is 5.73 Å². The van der Waals surface area contributed by atoms with Crippen LogP contribution in [0.2, 0.25) is 10.2 Å². The molecule has 2 rings (SSSR count). The van der Waals surface area contributed by atoms with Crippen LogP contribution in [0.1, 0.15) is 5.56 Å². The highest BCUT2D eigenvalue weighted by atomic mass is 35.5. The van der Waals surface area contributed by atoms with Crippen LogP contribution in [-0.4, -0.2) is 13.4 Å². The second-order valence-electron chi connectivity index (χ2n) is 3.90. The molecule has 19 heavy (non-hydrogen) atoms. The first-order valence-electron chi connectivity index (χ1n) is 5.27. The summed E-state index contributed by atoms with van der Waals surface area (Å²) in [4.78, 5) is 3.91. The Morgan fingerprint density at radius 2 is 1.89 bits per heavy atom. The van der Waals surface area contributed by atoms with Gasteiger partial charge in [0.15, 0.2) is 9.84 Å². The van der Waals surface area contributed by atoms with E-state index in [9.17, 15) is 8.42 Å². The molecule has 0 amide bonds. The molecule has 0 fully saturated rings. The first kappa shape index (κ1) is 14.1. The van der Waals surface area contributed by atoms with Crippen molar-refractivity contribution in [2.24, 2.45) is 0 Å². The Balaban J connectivity index is 2.40. The number of para-hydroxylation sites is 1. The summed E-state index contributed by atoms with van der Waals surface area (Å²) in [6.07, 6.45) is 1.35. The molecule has 2 aromatic rings. The molecule has 100 valence electrons. The molecule has 0 aliphatic heterocycles. The van der Waals surface area contributed by atoms with E-state index in [0.29, 0.717) is 5.56 Å². The Morgan fingerprint density at radius 3 is 2.53 bits per heavy atom. The minimum Gasteiger partial charge on any atom is -0.398 e. The SMILES string of the molecule is Nc1ccccc1S(=O)(=O)Cc1cnc(Cl)cc1Cl. The largest absolute Gasteiger partial charge is 0.398 e. The number of rotatable bonds is 3. The number of anilines is 1. The predicted molar refractivity (Wildman–Crippen MR) is 76.0 cm³/mol. The quantitative estimate of drug-likeness (QED) is 0.698. The van der Waals surface area contributed by atoms with Crippen LogP contribution < -0.4 is 5.73 Å². The van der Waals surface area contributed by atoms with Gasteiger partial charge in [0.05, 0.1) is 16.3 Å². The van der Waals surface area contributed by atoms with Crippen molar-refractivity contribution in [1.82, 2.24) is 4.98 Å². The summed E-state index contributed by atoms with van der Waals surface area (Å²) >= 11 is 11.6. The monoisotopic (exact) mass is 316 g/mol. The average molecular weight is 317 g/mol. The molecule has 0 aliphatic carbocycles. The Labute approximate surface area is 121 Å². The van der Waals surface area contributed by atoms with Crippen molar-refractivity contribution in [3.63, 3.8) is 0 Å². The van der Waals surface area contributed by atoms with Gasteiger partial charge in [-0.05, 0) is 18.2 Å². The van der Waals surface area contributed by atoms with Gasteiger partial charge in [-0.3, -0.25) is 0 Å². The van der Waals surface area contributed by atoms with E-state index >= 15 is 0 Å². The maximum atomic E-state index is 12.3. The van der Waals surface area contributed by atoms with Crippen molar-refractivity contribution in [3.8, 4) is 0 Å². The Bertz CT molecular complexity index is 717. The lowest BCUT2D eigenvalue weighted by Gasteiger charge is -2.08. The number of aromatic nitrogens is 1. The van der Waals surface area contributed by atoms with E-state index < -0.39 is 9.84 Å². The molecule has 7 heteroatoms. The van der Waals surface area contributed by atoms with Crippen LogP contribution in [0.15, 0.2) is 41.4 Å². The molecule has 0 atom stereocenters. The topological polar surface area (TPSA) is 73.1 Å². The lowest BCUT2D eigenvalue weighted by atomic mass is 10.3. The molecule has 0 bridgehead atoms. The molecule has 1 aromatic carbocycles. The molecule has 4 nitrogen and oxygen atoms in total. The fourth-order valence-corrected chi connectivity index (χ4v) is 3.61. The number of hydrogen-bond donors (Lipinski definition) is 1. The van der Waals surface area contributed by atoms with Crippen LogP contribution in [0.5, 0.6) is 0 Å². The standard InChI is InChI=1S/C12H10Cl2N2O2S/c13-9-5-12(14)16-6-8(9)7-19(17,18)11-4-2-1-3-10(11)15/h1-6H,7,15H2. The summed E-state index contributed by atoms with van der Waals surface area (Å²) in [5.41, 5.74) is 6.27. The zero-order chi connectivity index (χ0) is 14.0. The van der Waals surface area contributed by atoms with Gasteiger partial charge in [0, 0.05) is 16.8 Å². The normalized spacial score (nSPS) is 11.5. The number of pyridine rings is 1. The minimum absolute atomic E-state index is 0.0843. The number of sulfone groups is 1. The molecule has 0 spiro atoms. The van der Waals surface area contributed by atoms with Gasteiger partial charge in [-0.2, -0.15) is 0 Å². The van der Waals surface area contributed by atoms with Crippen molar-refractivity contribution in [2.45, 2.75) is 10.6 Å². The van der Waals surface area contributed by atoms with Gasteiger partial charge >= 0.3 is 0 Å². The van der Waals surface area contributed by atoms with Crippen molar-refractivity contribution < 1.29 is 8.42 Å². The van der Waals surface area contributed by atoms with Crippen LogP contribution in [0, 0.1) is 0 Å². The molecular weight excluding hydrogens is 307 g/mol. The highest BCUT2D eigenvalue weighted by Crippen LogP contribution is 2.26. The van der Waals surface area contributed by atoms with Crippen LogP contribution in [-0.2, 0) is 15.6 Å². The van der Waals surface area contributed by atoms with E-state index in [4.69, 9.17) is 28.9 Å². The van der Waals surface area contributed by atoms with Crippen LogP contribution in [0.25, 0.3) is 0 Å².